The lowest BCUT2D eigenvalue weighted by molar-refractivity contribution is 0.424. The van der Waals surface area contributed by atoms with Crippen LogP contribution < -0.4 is 10.0 Å². The molecule has 0 bridgehead atoms. The summed E-state index contributed by atoms with van der Waals surface area (Å²) in [5.41, 5.74) is -0.0895. The van der Waals surface area contributed by atoms with Crippen molar-refractivity contribution in [3.63, 3.8) is 0 Å². The van der Waals surface area contributed by atoms with E-state index in [1.165, 1.54) is 0 Å². The molecule has 2 N–H and O–H groups in total. The molecule has 1 fully saturated rings. The number of piperidine rings is 1. The van der Waals surface area contributed by atoms with Crippen LogP contribution in [0.5, 0.6) is 0 Å². The van der Waals surface area contributed by atoms with Crippen molar-refractivity contribution in [3.8, 4) is 0 Å². The van der Waals surface area contributed by atoms with E-state index in [9.17, 15) is 17.2 Å². The molecule has 0 spiro atoms. The van der Waals surface area contributed by atoms with Crippen molar-refractivity contribution in [2.75, 3.05) is 17.0 Å². The lowest BCUT2D eigenvalue weighted by Crippen LogP contribution is -2.40. The van der Waals surface area contributed by atoms with Crippen LogP contribution in [0.1, 0.15) is 19.3 Å². The van der Waals surface area contributed by atoms with Crippen LogP contribution >= 0.6 is 0 Å². The first-order valence-corrected chi connectivity index (χ1v) is 7.80. The molecule has 0 aromatic heterocycles. The summed E-state index contributed by atoms with van der Waals surface area (Å²) in [6, 6.07) is 2.49. The summed E-state index contributed by atoms with van der Waals surface area (Å²) in [6.07, 6.45) is 2.82. The summed E-state index contributed by atoms with van der Waals surface area (Å²) >= 11 is 0. The summed E-state index contributed by atoms with van der Waals surface area (Å²) in [5, 5.41) is 3.12. The second-order valence-corrected chi connectivity index (χ2v) is 6.46. The molecule has 106 valence electrons. The Bertz CT molecular complexity index is 522. The molecule has 1 atom stereocenters. The van der Waals surface area contributed by atoms with Crippen molar-refractivity contribution in [3.05, 3.63) is 29.8 Å². The Kier molecular flexibility index (Phi) is 4.36. The molecule has 1 saturated heterocycles. The number of rotatable bonds is 4. The van der Waals surface area contributed by atoms with Gasteiger partial charge in [-0.15, -0.1) is 0 Å². The van der Waals surface area contributed by atoms with E-state index >= 15 is 0 Å². The van der Waals surface area contributed by atoms with Crippen LogP contribution in [-0.2, 0) is 10.0 Å². The Morgan fingerprint density at radius 3 is 2.47 bits per heavy atom. The lowest BCUT2D eigenvalue weighted by atomic mass is 10.1. The van der Waals surface area contributed by atoms with Crippen molar-refractivity contribution in [2.24, 2.45) is 0 Å². The van der Waals surface area contributed by atoms with E-state index in [0.29, 0.717) is 6.07 Å². The second kappa shape index (κ2) is 5.83. The number of halogens is 2. The van der Waals surface area contributed by atoms with E-state index in [4.69, 9.17) is 0 Å². The Morgan fingerprint density at radius 2 is 1.89 bits per heavy atom. The SMILES string of the molecule is O=S(=O)(CC1CCCCN1)Nc1cc(F)cc(F)c1. The zero-order valence-electron chi connectivity index (χ0n) is 10.3. The first-order valence-electron chi connectivity index (χ1n) is 6.14. The van der Waals surface area contributed by atoms with Crippen molar-refractivity contribution >= 4 is 15.7 Å². The summed E-state index contributed by atoms with van der Waals surface area (Å²) < 4.78 is 51.9. The van der Waals surface area contributed by atoms with Gasteiger partial charge in [0.25, 0.3) is 0 Å². The number of anilines is 1. The van der Waals surface area contributed by atoms with Gasteiger partial charge in [0.05, 0.1) is 11.4 Å². The molecule has 1 unspecified atom stereocenters. The van der Waals surface area contributed by atoms with Crippen molar-refractivity contribution in [1.82, 2.24) is 5.32 Å². The monoisotopic (exact) mass is 290 g/mol. The van der Waals surface area contributed by atoms with E-state index < -0.39 is 21.7 Å². The molecule has 0 aliphatic carbocycles. The Morgan fingerprint density at radius 1 is 1.21 bits per heavy atom. The number of benzene rings is 1. The lowest BCUT2D eigenvalue weighted by Gasteiger charge is -2.23. The number of sulfonamides is 1. The van der Waals surface area contributed by atoms with Crippen molar-refractivity contribution in [2.45, 2.75) is 25.3 Å². The molecule has 19 heavy (non-hydrogen) atoms. The van der Waals surface area contributed by atoms with Gasteiger partial charge < -0.3 is 5.32 Å². The van der Waals surface area contributed by atoms with Crippen LogP contribution in [0.25, 0.3) is 0 Å². The first-order chi connectivity index (χ1) is 8.94. The molecule has 2 rings (SSSR count). The van der Waals surface area contributed by atoms with Crippen LogP contribution in [0.4, 0.5) is 14.5 Å². The zero-order chi connectivity index (χ0) is 13.9. The Balaban J connectivity index is 2.03. The summed E-state index contributed by atoms with van der Waals surface area (Å²) in [6.45, 7) is 0.800. The fourth-order valence-electron chi connectivity index (χ4n) is 2.17. The fourth-order valence-corrected chi connectivity index (χ4v) is 3.54. The topological polar surface area (TPSA) is 58.2 Å². The van der Waals surface area contributed by atoms with Crippen LogP contribution in [-0.4, -0.2) is 26.8 Å². The van der Waals surface area contributed by atoms with Crippen LogP contribution in [0, 0.1) is 11.6 Å². The summed E-state index contributed by atoms with van der Waals surface area (Å²) in [5.74, 6) is -1.72. The molecular formula is C12H16F2N2O2S. The standard InChI is InChI=1S/C12H16F2N2O2S/c13-9-5-10(14)7-12(6-9)16-19(17,18)8-11-3-1-2-4-15-11/h5-7,11,15-16H,1-4,8H2. The van der Waals surface area contributed by atoms with Gasteiger partial charge in [0.1, 0.15) is 11.6 Å². The summed E-state index contributed by atoms with van der Waals surface area (Å²) in [4.78, 5) is 0. The maximum Gasteiger partial charge on any atom is 0.234 e. The van der Waals surface area contributed by atoms with E-state index in [1.807, 2.05) is 0 Å². The minimum atomic E-state index is -3.61. The molecule has 1 aliphatic heterocycles. The van der Waals surface area contributed by atoms with Gasteiger partial charge in [0.15, 0.2) is 0 Å². The normalized spacial score (nSPS) is 20.2. The minimum Gasteiger partial charge on any atom is -0.313 e. The predicted octanol–water partition coefficient (Wildman–Crippen LogP) is 1.85. The first kappa shape index (κ1) is 14.2. The quantitative estimate of drug-likeness (QED) is 0.889. The average Bonchev–Trinajstić information content (AvgIpc) is 2.27. The number of nitrogens with one attached hydrogen (secondary N) is 2. The molecule has 7 heteroatoms. The third kappa shape index (κ3) is 4.43. The number of hydrogen-bond acceptors (Lipinski definition) is 3. The van der Waals surface area contributed by atoms with E-state index in [-0.39, 0.29) is 17.5 Å². The van der Waals surface area contributed by atoms with Gasteiger partial charge in [-0.3, -0.25) is 4.72 Å². The van der Waals surface area contributed by atoms with Gasteiger partial charge in [-0.2, -0.15) is 0 Å². The fraction of sp³-hybridized carbons (Fsp3) is 0.500. The van der Waals surface area contributed by atoms with E-state index in [1.54, 1.807) is 0 Å². The van der Waals surface area contributed by atoms with Crippen LogP contribution in [0.15, 0.2) is 18.2 Å². The highest BCUT2D eigenvalue weighted by molar-refractivity contribution is 7.92. The van der Waals surface area contributed by atoms with Gasteiger partial charge in [-0.25, -0.2) is 17.2 Å². The highest BCUT2D eigenvalue weighted by Crippen LogP contribution is 2.16. The summed E-state index contributed by atoms with van der Waals surface area (Å²) in [7, 11) is -3.61. The second-order valence-electron chi connectivity index (χ2n) is 4.69. The molecule has 0 saturated carbocycles. The van der Waals surface area contributed by atoms with Crippen molar-refractivity contribution < 1.29 is 17.2 Å². The molecular weight excluding hydrogens is 274 g/mol. The third-order valence-electron chi connectivity index (χ3n) is 2.97. The molecule has 1 aromatic carbocycles. The minimum absolute atomic E-state index is 0.0895. The van der Waals surface area contributed by atoms with Crippen molar-refractivity contribution in [1.29, 1.82) is 0 Å². The smallest absolute Gasteiger partial charge is 0.234 e. The van der Waals surface area contributed by atoms with Gasteiger partial charge in [-0.05, 0) is 31.5 Å². The van der Waals surface area contributed by atoms with Crippen LogP contribution in [0.2, 0.25) is 0 Å². The maximum absolute atomic E-state index is 13.0. The molecule has 1 aromatic rings. The van der Waals surface area contributed by atoms with Gasteiger partial charge in [0.2, 0.25) is 10.0 Å². The predicted molar refractivity (Wildman–Crippen MR) is 69.4 cm³/mol. The average molecular weight is 290 g/mol. The molecule has 0 radical (unpaired) electrons. The number of hydrogen-bond donors (Lipinski definition) is 2. The highest BCUT2D eigenvalue weighted by Gasteiger charge is 2.21. The maximum atomic E-state index is 13.0. The zero-order valence-corrected chi connectivity index (χ0v) is 11.1. The Labute approximate surface area is 111 Å². The highest BCUT2D eigenvalue weighted by atomic mass is 32.2. The van der Waals surface area contributed by atoms with E-state index in [2.05, 4.69) is 10.0 Å². The van der Waals surface area contributed by atoms with Gasteiger partial charge in [0, 0.05) is 12.1 Å². The van der Waals surface area contributed by atoms with E-state index in [0.717, 1.165) is 37.9 Å². The molecule has 1 heterocycles. The largest absolute Gasteiger partial charge is 0.313 e. The van der Waals surface area contributed by atoms with Gasteiger partial charge >= 0.3 is 0 Å². The molecule has 4 nitrogen and oxygen atoms in total. The van der Waals surface area contributed by atoms with Crippen LogP contribution in [0.3, 0.4) is 0 Å². The third-order valence-corrected chi connectivity index (χ3v) is 4.36. The molecule has 1 aliphatic rings. The Hall–Kier alpha value is -1.21. The van der Waals surface area contributed by atoms with Gasteiger partial charge in [-0.1, -0.05) is 6.42 Å². The molecule has 0 amide bonds.